The third-order valence-electron chi connectivity index (χ3n) is 23.1. The first kappa shape index (κ1) is 130. The first-order chi connectivity index (χ1) is 66.7. The monoisotopic (exact) mass is 2090 g/mol. The maximum atomic E-state index is 13.3. The summed E-state index contributed by atoms with van der Waals surface area (Å²) >= 11 is 0. The minimum Gasteiger partial charge on any atom is -0.481 e. The normalized spacial score (nSPS) is 15.8. The third kappa shape index (κ3) is 48.1. The number of nitrogens with zero attached hydrogens (tertiary/aromatic N) is 4. The molecule has 0 saturated carbocycles. The van der Waals surface area contributed by atoms with Gasteiger partial charge in [0.05, 0.1) is 30.6 Å². The van der Waals surface area contributed by atoms with Crippen LogP contribution in [0.15, 0.2) is 48.6 Å². The number of hydrogen-bond donors (Lipinski definition) is 15. The predicted octanol–water partition coefficient (Wildman–Crippen LogP) is 2.44. The van der Waals surface area contributed by atoms with Crippen LogP contribution in [0.25, 0.3) is 0 Å². The Morgan fingerprint density at radius 2 is 0.566 bits per heavy atom. The zero-order chi connectivity index (χ0) is 112. The number of nitrogens with one attached hydrogen (secondary N) is 8. The number of amides is 20. The number of nitrogens with two attached hydrogens (primary N) is 4. The fraction of sp³-hybridized carbons (Fsp3) is 0.653. The molecular weight excluding hydrogens is 1940 g/mol. The minimum absolute atomic E-state index is 0.0344. The van der Waals surface area contributed by atoms with Crippen LogP contribution in [0.1, 0.15) is 247 Å². The number of carboxylic acids is 1. The van der Waals surface area contributed by atoms with Gasteiger partial charge in [-0.2, -0.15) is 16.8 Å². The molecule has 4 aliphatic rings. The summed E-state index contributed by atoms with van der Waals surface area (Å²) in [5.74, 6) is -15.9. The molecule has 19 N–H and O–H groups in total. The zero-order valence-electron chi connectivity index (χ0n) is 85.8. The number of hydrogen-bond acceptors (Lipinski definition) is 29. The number of Topliss-reactive ketones (excluding diaryl/α,β-unsaturated/α-hetero) is 8. The van der Waals surface area contributed by atoms with Gasteiger partial charge in [0.15, 0.2) is 33.6 Å². The van der Waals surface area contributed by atoms with E-state index in [1.54, 1.807) is 125 Å². The molecule has 0 unspecified atom stereocenters. The number of urea groups is 4. The Labute approximate surface area is 844 Å². The van der Waals surface area contributed by atoms with Crippen LogP contribution in [0.2, 0.25) is 0 Å². The molecule has 48 nitrogen and oxygen atoms in total. The lowest BCUT2D eigenvalue weighted by Gasteiger charge is -2.28. The van der Waals surface area contributed by atoms with Gasteiger partial charge in [0, 0.05) is 172 Å². The maximum Gasteiger partial charge on any atom is 0.312 e. The SMILES string of the molecule is CC(C)(C)C(=O)[C@H](CCCNC(N)=O)CC(=O)[C@H](CC(=O)O)NC(=O)CCCCCN1C(=O)C=CC1=O.CC(C)[C@@H](NC(=O)CN1C(=O)C=CC1=O)C(=O)C[C@H](CCCNC(N)=O)C(=O)C(C)(C)C.CC(C)[C@H](NC(=O)[C@@H](CCN1C(=O)C=CC1=O)S(=O)(=O)O)C(=O)C[C@@H](CCCNC(N)=O)C(=O)C(C)(C)C.CC(C)[C@H](NC(=O)[C@H](CCN1C(=O)C=CC1=O)S(=O)(=O)O)C(=O)C[C@@H](CCCNC(N)=O)C(=O)C(C)(C)C. The van der Waals surface area contributed by atoms with Crippen LogP contribution in [-0.4, -0.2) is 285 Å². The predicted molar refractivity (Wildman–Crippen MR) is 524 cm³/mol. The summed E-state index contributed by atoms with van der Waals surface area (Å²) < 4.78 is 67.1. The van der Waals surface area contributed by atoms with Crippen molar-refractivity contribution in [2.75, 3.05) is 52.4 Å². The largest absolute Gasteiger partial charge is 0.481 e. The molecule has 4 aliphatic heterocycles. The first-order valence-corrected chi connectivity index (χ1v) is 50.6. The highest BCUT2D eigenvalue weighted by molar-refractivity contribution is 7.87. The number of ketones is 8. The molecule has 0 aliphatic carbocycles. The summed E-state index contributed by atoms with van der Waals surface area (Å²) in [7, 11) is -9.91. The number of carbonyl (C=O) groups excluding carboxylic acids is 24. The molecule has 10 atom stereocenters. The molecule has 4 heterocycles. The Morgan fingerprint density at radius 3 is 0.807 bits per heavy atom. The number of carboxylic acid groups (broad SMARTS) is 1. The van der Waals surface area contributed by atoms with Crippen molar-refractivity contribution in [1.82, 2.24) is 62.1 Å². The number of carbonyl (C=O) groups is 25. The molecule has 4 rings (SSSR count). The van der Waals surface area contributed by atoms with E-state index in [9.17, 15) is 151 Å². The van der Waals surface area contributed by atoms with Gasteiger partial charge in [0.2, 0.25) is 23.6 Å². The van der Waals surface area contributed by atoms with Crippen LogP contribution in [0.5, 0.6) is 0 Å². The Kier molecular flexibility index (Phi) is 54.0. The molecule has 812 valence electrons. The van der Waals surface area contributed by atoms with Crippen molar-refractivity contribution >= 4 is 167 Å². The minimum atomic E-state index is -4.96. The standard InChI is InChI=1S/C25H38N4O8.2C24H38N4O9S.C22H34N4O6/c1-25(2,3)23(36)16(8-7-12-27-24(26)37)14-18(30)17(15-22(34)35)28-19(31)9-5-4-6-13-29-20(32)10-11-21(29)33;2*1-14(2)20(16(29)13-15(21(32)24(3,4)5)7-6-11-26-23(25)34)27-22(33)17(38(35,36)37)10-12-28-18(30)8-9-19(28)31;1-13(2)19(25-16(28)12-26-17(29)8-9-18(26)30)15(27)11-14(20(31)22(3,4)5)7-6-10-24-21(23)32/h10-11,16-17H,4-9,12-15H2,1-3H3,(H,28,31)(H,34,35)(H3,26,27,37);2*8-9,14-15,17,20H,6-7,10-13H2,1-5H3,(H,27,33)(H3,25,26,34)(H,35,36,37);8-9,13-14,19H,6-7,10-12H2,1-5H3,(H,25,28)(H3,23,24,32)/t16-,17+;15-,17+,20+;15-,17-,20+;14-,19+/m1110/s1. The smallest absolute Gasteiger partial charge is 0.312 e. The second-order valence-electron chi connectivity index (χ2n) is 40.6. The van der Waals surface area contributed by atoms with Crippen molar-refractivity contribution in [1.29, 1.82) is 0 Å². The van der Waals surface area contributed by atoms with E-state index in [1.165, 1.54) is 12.2 Å². The van der Waals surface area contributed by atoms with Gasteiger partial charge >= 0.3 is 30.1 Å². The highest BCUT2D eigenvalue weighted by atomic mass is 32.2. The number of aliphatic carboxylic acids is 1. The highest BCUT2D eigenvalue weighted by Crippen LogP contribution is 2.32. The van der Waals surface area contributed by atoms with Crippen molar-refractivity contribution in [2.45, 2.75) is 281 Å². The second kappa shape index (κ2) is 60.2. The van der Waals surface area contributed by atoms with E-state index >= 15 is 0 Å². The van der Waals surface area contributed by atoms with Crippen LogP contribution in [0.3, 0.4) is 0 Å². The molecule has 0 saturated heterocycles. The fourth-order valence-electron chi connectivity index (χ4n) is 15.5. The summed E-state index contributed by atoms with van der Waals surface area (Å²) in [6.07, 6.45) is 10.3. The van der Waals surface area contributed by atoms with Gasteiger partial charge in [-0.1, -0.05) is 131 Å². The summed E-state index contributed by atoms with van der Waals surface area (Å²) in [6.45, 7) is 30.5. The Hall–Kier alpha value is -12.9. The molecule has 0 fully saturated rings. The third-order valence-corrected chi connectivity index (χ3v) is 25.5. The molecular formula is C95H148N16O32S2. The molecule has 20 amide bonds. The molecule has 0 radical (unpaired) electrons. The van der Waals surface area contributed by atoms with Crippen molar-refractivity contribution in [2.24, 2.45) is 86.0 Å². The molecule has 50 heteroatoms. The van der Waals surface area contributed by atoms with Crippen LogP contribution >= 0.6 is 0 Å². The Balaban J connectivity index is 0.000000969. The van der Waals surface area contributed by atoms with E-state index in [1.807, 2.05) is 0 Å². The van der Waals surface area contributed by atoms with E-state index in [2.05, 4.69) is 42.5 Å². The molecule has 0 bridgehead atoms. The lowest BCUT2D eigenvalue weighted by atomic mass is 9.78. The molecule has 0 aromatic carbocycles. The van der Waals surface area contributed by atoms with Crippen LogP contribution in [-0.2, 0) is 121 Å². The number of primary amides is 4. The summed E-state index contributed by atoms with van der Waals surface area (Å²) in [4.78, 5) is 307. The quantitative estimate of drug-likeness (QED) is 0.0236. The topological polar surface area (TPSA) is 769 Å². The number of imide groups is 4. The zero-order valence-corrected chi connectivity index (χ0v) is 87.4. The summed E-state index contributed by atoms with van der Waals surface area (Å²) in [6, 6.07) is -7.31. The second-order valence-corrected chi connectivity index (χ2v) is 43.8. The van der Waals surface area contributed by atoms with Gasteiger partial charge in [-0.25, -0.2) is 19.2 Å². The van der Waals surface area contributed by atoms with Crippen molar-refractivity contribution in [3.05, 3.63) is 48.6 Å². The average Bonchev–Trinajstić information content (AvgIpc) is 1.82. The molecule has 0 spiro atoms. The van der Waals surface area contributed by atoms with Gasteiger partial charge in [-0.3, -0.25) is 129 Å². The highest BCUT2D eigenvalue weighted by Gasteiger charge is 2.44. The lowest BCUT2D eigenvalue weighted by Crippen LogP contribution is -2.51. The van der Waals surface area contributed by atoms with E-state index in [0.29, 0.717) is 51.4 Å². The first-order valence-electron chi connectivity index (χ1n) is 47.6. The van der Waals surface area contributed by atoms with E-state index in [0.717, 1.165) is 56.1 Å². The van der Waals surface area contributed by atoms with Gasteiger partial charge in [-0.05, 0) is 94.8 Å². The van der Waals surface area contributed by atoms with E-state index in [4.69, 9.17) is 22.9 Å². The molecule has 0 aromatic heterocycles. The van der Waals surface area contributed by atoms with Gasteiger partial charge in [-0.15, -0.1) is 0 Å². The number of unbranched alkanes of at least 4 members (excludes halogenated alkanes) is 2. The van der Waals surface area contributed by atoms with Crippen LogP contribution < -0.4 is 65.5 Å². The van der Waals surface area contributed by atoms with Crippen molar-refractivity contribution in [3.63, 3.8) is 0 Å². The van der Waals surface area contributed by atoms with Crippen LogP contribution in [0, 0.1) is 63.1 Å². The molecule has 0 aromatic rings. The summed E-state index contributed by atoms with van der Waals surface area (Å²) in [5, 5.41) is 24.7. The maximum absolute atomic E-state index is 13.3. The van der Waals surface area contributed by atoms with Crippen LogP contribution in [0.4, 0.5) is 19.2 Å². The van der Waals surface area contributed by atoms with Gasteiger partial charge < -0.3 is 70.6 Å². The average molecular weight is 2090 g/mol. The fourth-order valence-corrected chi connectivity index (χ4v) is 17.0. The molecule has 145 heavy (non-hydrogen) atoms. The lowest BCUT2D eigenvalue weighted by molar-refractivity contribution is -0.142. The van der Waals surface area contributed by atoms with Crippen molar-refractivity contribution < 1.29 is 151 Å². The number of rotatable bonds is 59. The Morgan fingerprint density at radius 1 is 0.317 bits per heavy atom. The Bertz CT molecular complexity index is 4870. The summed E-state index contributed by atoms with van der Waals surface area (Å²) in [5.41, 5.74) is 17.3. The van der Waals surface area contributed by atoms with Gasteiger partial charge in [0.1, 0.15) is 29.7 Å². The van der Waals surface area contributed by atoms with Gasteiger partial charge in [0.25, 0.3) is 67.5 Å². The van der Waals surface area contributed by atoms with Crippen molar-refractivity contribution in [3.8, 4) is 0 Å². The van der Waals surface area contributed by atoms with E-state index < -0.39 is 257 Å². The van der Waals surface area contributed by atoms with E-state index in [-0.39, 0.29) is 131 Å².